The van der Waals surface area contributed by atoms with Crippen LogP contribution in [0.4, 0.5) is 4.39 Å². The quantitative estimate of drug-likeness (QED) is 0.531. The molecule has 8 nitrogen and oxygen atoms in total. The van der Waals surface area contributed by atoms with Gasteiger partial charge >= 0.3 is 0 Å². The van der Waals surface area contributed by atoms with E-state index in [1.807, 2.05) is 0 Å². The summed E-state index contributed by atoms with van der Waals surface area (Å²) in [5, 5.41) is 17.0. The number of aromatic nitrogens is 2. The van der Waals surface area contributed by atoms with Crippen LogP contribution in [0.1, 0.15) is 17.3 Å². The Morgan fingerprint density at radius 1 is 1.21 bits per heavy atom. The normalized spacial score (nSPS) is 14.4. The molecule has 1 amide bonds. The van der Waals surface area contributed by atoms with Crippen molar-refractivity contribution in [3.63, 3.8) is 0 Å². The third kappa shape index (κ3) is 4.79. The molecule has 4 rings (SSSR count). The lowest BCUT2D eigenvalue weighted by atomic mass is 10.0. The lowest BCUT2D eigenvalue weighted by Gasteiger charge is -2.27. The summed E-state index contributed by atoms with van der Waals surface area (Å²) in [5.74, 6) is -1.53. The summed E-state index contributed by atoms with van der Waals surface area (Å²) < 4.78 is 14.8. The minimum Gasteiger partial charge on any atom is -0.506 e. The lowest BCUT2D eigenvalue weighted by molar-refractivity contribution is 0.0961. The molecule has 3 aromatic rings. The number of allylic oxidation sites excluding steroid dienone is 1. The van der Waals surface area contributed by atoms with Gasteiger partial charge in [-0.05, 0) is 30.7 Å². The molecule has 33 heavy (non-hydrogen) atoms. The van der Waals surface area contributed by atoms with E-state index >= 15 is 0 Å². The van der Waals surface area contributed by atoms with Gasteiger partial charge in [0.25, 0.3) is 11.5 Å². The van der Waals surface area contributed by atoms with Gasteiger partial charge < -0.3 is 15.7 Å². The van der Waals surface area contributed by atoms with Gasteiger partial charge in [0.15, 0.2) is 0 Å². The minimum absolute atomic E-state index is 0.267. The summed E-state index contributed by atoms with van der Waals surface area (Å²) in [6.45, 7) is 9.61. The van der Waals surface area contributed by atoms with E-state index in [1.165, 1.54) is 16.7 Å². The van der Waals surface area contributed by atoms with Crippen molar-refractivity contribution in [3.05, 3.63) is 70.5 Å². The smallest absolute Gasteiger partial charge is 0.268 e. The molecule has 1 fully saturated rings. The lowest BCUT2D eigenvalue weighted by Crippen LogP contribution is -2.45. The second-order valence-corrected chi connectivity index (χ2v) is 8.11. The van der Waals surface area contributed by atoms with Crippen molar-refractivity contribution in [1.29, 1.82) is 0 Å². The maximum Gasteiger partial charge on any atom is 0.268 e. The summed E-state index contributed by atoms with van der Waals surface area (Å²) >= 11 is 0. The number of pyridine rings is 2. The van der Waals surface area contributed by atoms with Crippen LogP contribution >= 0.6 is 0 Å². The number of carbonyl (C=O) groups is 1. The number of halogens is 1. The van der Waals surface area contributed by atoms with Crippen LogP contribution < -0.4 is 16.2 Å². The fourth-order valence-corrected chi connectivity index (χ4v) is 3.96. The first kappa shape index (κ1) is 22.6. The number of amides is 1. The van der Waals surface area contributed by atoms with Crippen molar-refractivity contribution in [3.8, 4) is 16.9 Å². The Kier molecular flexibility index (Phi) is 6.52. The summed E-state index contributed by atoms with van der Waals surface area (Å²) in [5.41, 5.74) is 0.975. The highest BCUT2D eigenvalue weighted by molar-refractivity contribution is 6.02. The van der Waals surface area contributed by atoms with Crippen molar-refractivity contribution < 1.29 is 14.3 Å². The predicted molar refractivity (Wildman–Crippen MR) is 125 cm³/mol. The Bertz CT molecular complexity index is 1260. The number of nitrogens with zero attached hydrogens (tertiary/aromatic N) is 3. The molecule has 0 unspecified atom stereocenters. The number of carbonyl (C=O) groups excluding carboxylic acids is 1. The van der Waals surface area contributed by atoms with Crippen LogP contribution in [0.2, 0.25) is 0 Å². The Labute approximate surface area is 190 Å². The molecule has 1 aliphatic heterocycles. The molecule has 3 N–H and O–H groups in total. The maximum absolute atomic E-state index is 13.3. The van der Waals surface area contributed by atoms with E-state index in [4.69, 9.17) is 0 Å². The van der Waals surface area contributed by atoms with Gasteiger partial charge in [-0.25, -0.2) is 9.37 Å². The average Bonchev–Trinajstić information content (AvgIpc) is 2.79. The number of nitrogens with one attached hydrogen (secondary N) is 2. The second kappa shape index (κ2) is 9.51. The average molecular weight is 452 g/mol. The summed E-state index contributed by atoms with van der Waals surface area (Å²) in [6, 6.07) is 7.52. The zero-order valence-corrected chi connectivity index (χ0v) is 18.4. The zero-order valence-electron chi connectivity index (χ0n) is 18.4. The molecule has 0 aliphatic carbocycles. The first-order chi connectivity index (χ1) is 15.8. The third-order valence-corrected chi connectivity index (χ3v) is 5.65. The predicted octanol–water partition coefficient (Wildman–Crippen LogP) is 2.08. The van der Waals surface area contributed by atoms with E-state index in [-0.39, 0.29) is 22.4 Å². The van der Waals surface area contributed by atoms with Crippen molar-refractivity contribution in [1.82, 2.24) is 25.1 Å². The van der Waals surface area contributed by atoms with Gasteiger partial charge in [-0.3, -0.25) is 19.1 Å². The summed E-state index contributed by atoms with van der Waals surface area (Å²) in [7, 11) is 0. The van der Waals surface area contributed by atoms with Gasteiger partial charge in [0.05, 0.1) is 5.39 Å². The van der Waals surface area contributed by atoms with Crippen LogP contribution in [-0.4, -0.2) is 58.2 Å². The largest absolute Gasteiger partial charge is 0.506 e. The molecule has 1 aliphatic rings. The molecule has 172 valence electrons. The molecule has 3 heterocycles. The van der Waals surface area contributed by atoms with Gasteiger partial charge in [-0.2, -0.15) is 0 Å². The highest BCUT2D eigenvalue weighted by Crippen LogP contribution is 2.30. The van der Waals surface area contributed by atoms with Crippen LogP contribution in [-0.2, 0) is 6.54 Å². The fourth-order valence-electron chi connectivity index (χ4n) is 3.96. The van der Waals surface area contributed by atoms with Gasteiger partial charge in [0.1, 0.15) is 22.8 Å². The van der Waals surface area contributed by atoms with Crippen LogP contribution in [0.3, 0.4) is 0 Å². The monoisotopic (exact) mass is 451 g/mol. The molecule has 1 saturated heterocycles. The molecular weight excluding hydrogens is 425 g/mol. The van der Waals surface area contributed by atoms with Crippen LogP contribution in [0, 0.1) is 5.82 Å². The molecule has 1 aromatic carbocycles. The SMILES string of the molecule is C=C(C)NC(=O)c1c(O)c2cc(-c3ccc(F)cc3)cnc2n(CCN2CCNCC2)c1=O. The molecular formula is C24H26FN5O3. The summed E-state index contributed by atoms with van der Waals surface area (Å²) in [4.78, 5) is 32.7. The van der Waals surface area contributed by atoms with Gasteiger partial charge in [-0.15, -0.1) is 0 Å². The molecule has 0 bridgehead atoms. The van der Waals surface area contributed by atoms with E-state index in [1.54, 1.807) is 31.3 Å². The number of benzene rings is 1. The van der Waals surface area contributed by atoms with Crippen molar-refractivity contribution in [2.45, 2.75) is 13.5 Å². The number of hydrogen-bond acceptors (Lipinski definition) is 6. The van der Waals surface area contributed by atoms with Gasteiger partial charge in [0.2, 0.25) is 0 Å². The number of rotatable bonds is 6. The summed E-state index contributed by atoms with van der Waals surface area (Å²) in [6.07, 6.45) is 1.57. The molecule has 0 atom stereocenters. The Morgan fingerprint density at radius 3 is 2.58 bits per heavy atom. The topological polar surface area (TPSA) is 99.5 Å². The zero-order chi connectivity index (χ0) is 23.5. The number of hydrogen-bond donors (Lipinski definition) is 3. The second-order valence-electron chi connectivity index (χ2n) is 8.11. The Hall–Kier alpha value is -3.56. The highest BCUT2D eigenvalue weighted by atomic mass is 19.1. The van der Waals surface area contributed by atoms with E-state index < -0.39 is 17.2 Å². The Balaban J connectivity index is 1.84. The van der Waals surface area contributed by atoms with Gasteiger partial charge in [0, 0.05) is 56.7 Å². The number of fused-ring (bicyclic) bond motifs is 1. The highest BCUT2D eigenvalue weighted by Gasteiger charge is 2.24. The van der Waals surface area contributed by atoms with Crippen molar-refractivity contribution in [2.75, 3.05) is 32.7 Å². The maximum atomic E-state index is 13.3. The Morgan fingerprint density at radius 2 is 1.91 bits per heavy atom. The first-order valence-corrected chi connectivity index (χ1v) is 10.8. The van der Waals surface area contributed by atoms with Crippen LogP contribution in [0.5, 0.6) is 5.75 Å². The third-order valence-electron chi connectivity index (χ3n) is 5.65. The standard InChI is InChI=1S/C24H26FN5O3/c1-15(2)28-23(32)20-21(31)19-13-17(16-3-5-18(25)6-4-16)14-27-22(19)30(24(20)33)12-11-29-9-7-26-8-10-29/h3-6,13-14,26,31H,1,7-12H2,2H3,(H,28,32). The van der Waals surface area contributed by atoms with E-state index in [0.717, 1.165) is 26.2 Å². The number of aromatic hydroxyl groups is 1. The first-order valence-electron chi connectivity index (χ1n) is 10.8. The molecule has 0 spiro atoms. The van der Waals surface area contributed by atoms with Gasteiger partial charge in [-0.1, -0.05) is 18.7 Å². The van der Waals surface area contributed by atoms with Crippen molar-refractivity contribution in [2.24, 2.45) is 0 Å². The van der Waals surface area contributed by atoms with Crippen LogP contribution in [0.25, 0.3) is 22.2 Å². The molecule has 2 aromatic heterocycles. The molecule has 9 heteroatoms. The van der Waals surface area contributed by atoms with E-state index in [9.17, 15) is 19.1 Å². The molecule has 0 saturated carbocycles. The minimum atomic E-state index is -0.727. The van der Waals surface area contributed by atoms with E-state index in [0.29, 0.717) is 29.9 Å². The number of piperazine rings is 1. The van der Waals surface area contributed by atoms with Crippen LogP contribution in [0.15, 0.2) is 53.6 Å². The fraction of sp³-hybridized carbons (Fsp3) is 0.292. The van der Waals surface area contributed by atoms with E-state index in [2.05, 4.69) is 27.1 Å². The molecule has 0 radical (unpaired) electrons. The van der Waals surface area contributed by atoms with Crippen molar-refractivity contribution >= 4 is 16.9 Å².